The molecule has 1 saturated carbocycles. The predicted molar refractivity (Wildman–Crippen MR) is 67.8 cm³/mol. The Bertz CT molecular complexity index is 534. The molecule has 2 rings (SSSR count). The molecule has 0 aliphatic heterocycles. The maximum absolute atomic E-state index is 11.8. The van der Waals surface area contributed by atoms with Crippen molar-refractivity contribution < 1.29 is 9.90 Å². The molecule has 1 aromatic rings. The molecule has 0 saturated heterocycles. The number of hydrogen-bond acceptors (Lipinski definition) is 4. The zero-order valence-electron chi connectivity index (χ0n) is 10.4. The summed E-state index contributed by atoms with van der Waals surface area (Å²) in [6.07, 6.45) is 2.78. The molecule has 0 spiro atoms. The van der Waals surface area contributed by atoms with Crippen molar-refractivity contribution >= 4 is 5.91 Å². The first-order valence-electron chi connectivity index (χ1n) is 6.34. The predicted octanol–water partition coefficient (Wildman–Crippen LogP) is -0.975. The Morgan fingerprint density at radius 3 is 2.74 bits per heavy atom. The maximum atomic E-state index is 11.8. The maximum Gasteiger partial charge on any atom is 0.325 e. The highest BCUT2D eigenvalue weighted by Gasteiger charge is 2.24. The average Bonchev–Trinajstić information content (AvgIpc) is 2.30. The second-order valence-corrected chi connectivity index (χ2v) is 4.82. The van der Waals surface area contributed by atoms with Gasteiger partial charge in [0.15, 0.2) is 0 Å². The zero-order chi connectivity index (χ0) is 13.8. The number of carbonyl (C=O) groups is 1. The minimum absolute atomic E-state index is 0.0810. The van der Waals surface area contributed by atoms with Crippen molar-refractivity contribution in [1.82, 2.24) is 15.3 Å². The topological polar surface area (TPSA) is 115 Å². The van der Waals surface area contributed by atoms with Crippen LogP contribution in [0.15, 0.2) is 15.7 Å². The van der Waals surface area contributed by atoms with Crippen LogP contribution in [-0.4, -0.2) is 33.1 Å². The van der Waals surface area contributed by atoms with Crippen LogP contribution in [-0.2, 0) is 11.2 Å². The van der Waals surface area contributed by atoms with E-state index in [4.69, 9.17) is 0 Å². The number of hydrogen-bond donors (Lipinski definition) is 4. The van der Waals surface area contributed by atoms with E-state index in [1.54, 1.807) is 0 Å². The molecule has 1 heterocycles. The van der Waals surface area contributed by atoms with Gasteiger partial charge in [-0.05, 0) is 12.8 Å². The van der Waals surface area contributed by atoms with Crippen LogP contribution in [0.2, 0.25) is 0 Å². The van der Waals surface area contributed by atoms with Crippen molar-refractivity contribution in [3.05, 3.63) is 32.6 Å². The molecular weight excluding hydrogens is 250 g/mol. The molecule has 7 nitrogen and oxygen atoms in total. The standard InChI is InChI=1S/C12H17N3O4/c16-9-4-2-1-3-8(9)14-10(17)5-7-6-11(18)15-12(19)13-7/h6,8-9,16H,1-5H2,(H,14,17)(H2,13,15,18,19). The van der Waals surface area contributed by atoms with Gasteiger partial charge >= 0.3 is 5.69 Å². The normalized spacial score (nSPS) is 23.0. The average molecular weight is 267 g/mol. The van der Waals surface area contributed by atoms with Gasteiger partial charge in [-0.15, -0.1) is 0 Å². The molecule has 104 valence electrons. The van der Waals surface area contributed by atoms with Gasteiger partial charge in [-0.2, -0.15) is 0 Å². The third-order valence-electron chi connectivity index (χ3n) is 3.24. The molecule has 0 radical (unpaired) electrons. The molecular formula is C12H17N3O4. The molecule has 1 fully saturated rings. The number of nitrogens with one attached hydrogen (secondary N) is 3. The molecule has 1 aromatic heterocycles. The largest absolute Gasteiger partial charge is 0.391 e. The Labute approximate surface area is 109 Å². The fourth-order valence-corrected chi connectivity index (χ4v) is 2.33. The third-order valence-corrected chi connectivity index (χ3v) is 3.24. The van der Waals surface area contributed by atoms with Gasteiger partial charge in [0.2, 0.25) is 5.91 Å². The molecule has 0 bridgehead atoms. The molecule has 0 aromatic carbocycles. The monoisotopic (exact) mass is 267 g/mol. The van der Waals surface area contributed by atoms with E-state index in [1.807, 2.05) is 4.98 Å². The highest BCUT2D eigenvalue weighted by atomic mass is 16.3. The molecule has 2 atom stereocenters. The number of aliphatic hydroxyl groups is 1. The van der Waals surface area contributed by atoms with Crippen LogP contribution >= 0.6 is 0 Å². The summed E-state index contributed by atoms with van der Waals surface area (Å²) in [5, 5.41) is 12.5. The van der Waals surface area contributed by atoms with Crippen LogP contribution in [0.1, 0.15) is 31.4 Å². The summed E-state index contributed by atoms with van der Waals surface area (Å²) in [6.45, 7) is 0. The summed E-state index contributed by atoms with van der Waals surface area (Å²) >= 11 is 0. The van der Waals surface area contributed by atoms with Crippen molar-refractivity contribution in [3.8, 4) is 0 Å². The van der Waals surface area contributed by atoms with Crippen LogP contribution in [0.25, 0.3) is 0 Å². The minimum atomic E-state index is -0.631. The summed E-state index contributed by atoms with van der Waals surface area (Å²) < 4.78 is 0. The van der Waals surface area contributed by atoms with E-state index in [1.165, 1.54) is 6.07 Å². The van der Waals surface area contributed by atoms with Crippen LogP contribution in [0.3, 0.4) is 0 Å². The Hall–Kier alpha value is -1.89. The number of aliphatic hydroxyl groups excluding tert-OH is 1. The minimum Gasteiger partial charge on any atom is -0.391 e. The number of aromatic amines is 2. The first kappa shape index (κ1) is 13.5. The number of amides is 1. The lowest BCUT2D eigenvalue weighted by Gasteiger charge is -2.28. The smallest absolute Gasteiger partial charge is 0.325 e. The summed E-state index contributed by atoms with van der Waals surface area (Å²) in [7, 11) is 0. The molecule has 19 heavy (non-hydrogen) atoms. The summed E-state index contributed by atoms with van der Waals surface area (Å²) in [5.74, 6) is -0.313. The highest BCUT2D eigenvalue weighted by Crippen LogP contribution is 2.18. The van der Waals surface area contributed by atoms with Crippen molar-refractivity contribution in [2.24, 2.45) is 0 Å². The summed E-state index contributed by atoms with van der Waals surface area (Å²) in [5.41, 5.74) is -0.909. The van der Waals surface area contributed by atoms with Crippen molar-refractivity contribution in [1.29, 1.82) is 0 Å². The second kappa shape index (κ2) is 5.83. The summed E-state index contributed by atoms with van der Waals surface area (Å²) in [6, 6.07) is 0.938. The lowest BCUT2D eigenvalue weighted by Crippen LogP contribution is -2.45. The first-order chi connectivity index (χ1) is 9.04. The van der Waals surface area contributed by atoms with E-state index in [2.05, 4.69) is 10.3 Å². The van der Waals surface area contributed by atoms with E-state index in [0.717, 1.165) is 19.3 Å². The van der Waals surface area contributed by atoms with Crippen LogP contribution in [0, 0.1) is 0 Å². The molecule has 1 aliphatic carbocycles. The molecule has 1 amide bonds. The van der Waals surface area contributed by atoms with E-state index in [0.29, 0.717) is 6.42 Å². The Kier molecular flexibility index (Phi) is 4.16. The highest BCUT2D eigenvalue weighted by molar-refractivity contribution is 5.78. The number of H-pyrrole nitrogens is 2. The van der Waals surface area contributed by atoms with E-state index >= 15 is 0 Å². The zero-order valence-corrected chi connectivity index (χ0v) is 10.4. The molecule has 7 heteroatoms. The number of aromatic nitrogens is 2. The van der Waals surface area contributed by atoms with Gasteiger partial charge in [0.25, 0.3) is 5.56 Å². The molecule has 1 aliphatic rings. The van der Waals surface area contributed by atoms with E-state index < -0.39 is 17.4 Å². The number of rotatable bonds is 3. The Morgan fingerprint density at radius 1 is 1.32 bits per heavy atom. The van der Waals surface area contributed by atoms with E-state index in [9.17, 15) is 19.5 Å². The van der Waals surface area contributed by atoms with Crippen molar-refractivity contribution in [3.63, 3.8) is 0 Å². The van der Waals surface area contributed by atoms with Crippen molar-refractivity contribution in [2.45, 2.75) is 44.2 Å². The molecule has 2 unspecified atom stereocenters. The Morgan fingerprint density at radius 2 is 2.05 bits per heavy atom. The van der Waals surface area contributed by atoms with Gasteiger partial charge in [0.05, 0.1) is 18.6 Å². The third kappa shape index (κ3) is 3.78. The molecule has 4 N–H and O–H groups in total. The summed E-state index contributed by atoms with van der Waals surface area (Å²) in [4.78, 5) is 38.4. The lowest BCUT2D eigenvalue weighted by molar-refractivity contribution is -0.122. The van der Waals surface area contributed by atoms with Crippen molar-refractivity contribution in [2.75, 3.05) is 0 Å². The first-order valence-corrected chi connectivity index (χ1v) is 6.34. The quantitative estimate of drug-likeness (QED) is 0.563. The van der Waals surface area contributed by atoms with Gasteiger partial charge in [0.1, 0.15) is 0 Å². The Balaban J connectivity index is 1.97. The van der Waals surface area contributed by atoms with Gasteiger partial charge in [0, 0.05) is 11.8 Å². The lowest BCUT2D eigenvalue weighted by atomic mass is 9.92. The van der Waals surface area contributed by atoms with Crippen LogP contribution < -0.4 is 16.6 Å². The van der Waals surface area contributed by atoms with Gasteiger partial charge < -0.3 is 15.4 Å². The van der Waals surface area contributed by atoms with E-state index in [-0.39, 0.29) is 24.1 Å². The van der Waals surface area contributed by atoms with Crippen LogP contribution in [0.5, 0.6) is 0 Å². The fraction of sp³-hybridized carbons (Fsp3) is 0.583. The van der Waals surface area contributed by atoms with Gasteiger partial charge in [-0.3, -0.25) is 14.6 Å². The van der Waals surface area contributed by atoms with Crippen LogP contribution in [0.4, 0.5) is 0 Å². The fourth-order valence-electron chi connectivity index (χ4n) is 2.33. The second-order valence-electron chi connectivity index (χ2n) is 4.82. The van der Waals surface area contributed by atoms with Gasteiger partial charge in [-0.25, -0.2) is 4.79 Å². The van der Waals surface area contributed by atoms with Gasteiger partial charge in [-0.1, -0.05) is 12.8 Å². The SMILES string of the molecule is O=C(Cc1cc(=O)[nH]c(=O)[nH]1)NC1CCCCC1O. The number of carbonyl (C=O) groups excluding carboxylic acids is 1.